The molecule has 0 aliphatic carbocycles. The molecule has 0 spiro atoms. The van der Waals surface area contributed by atoms with Gasteiger partial charge in [0, 0.05) is 12.1 Å². The van der Waals surface area contributed by atoms with Crippen molar-refractivity contribution in [3.8, 4) is 6.07 Å². The molecule has 2 heteroatoms. The maximum Gasteiger partial charge on any atom is 0.0991 e. The summed E-state index contributed by atoms with van der Waals surface area (Å²) >= 11 is 0. The fourth-order valence-corrected chi connectivity index (χ4v) is 2.72. The summed E-state index contributed by atoms with van der Waals surface area (Å²) in [6.45, 7) is 11.0. The molecule has 0 aliphatic heterocycles. The van der Waals surface area contributed by atoms with Crippen molar-refractivity contribution in [3.63, 3.8) is 0 Å². The Morgan fingerprint density at radius 3 is 2.09 bits per heavy atom. The second-order valence-corrected chi connectivity index (χ2v) is 7.22. The maximum atomic E-state index is 9.02. The third-order valence-corrected chi connectivity index (χ3v) is 4.29. The zero-order valence-corrected chi connectivity index (χ0v) is 14.7. The first-order chi connectivity index (χ1) is 10.8. The molecule has 0 bridgehead atoms. The van der Waals surface area contributed by atoms with Crippen LogP contribution in [0.15, 0.2) is 48.5 Å². The zero-order valence-electron chi connectivity index (χ0n) is 14.7. The Balaban J connectivity index is 2.09. The molecule has 120 valence electrons. The molecule has 0 radical (unpaired) electrons. The van der Waals surface area contributed by atoms with Gasteiger partial charge in [0.25, 0.3) is 0 Å². The highest BCUT2D eigenvalue weighted by Gasteiger charge is 2.15. The van der Waals surface area contributed by atoms with Gasteiger partial charge >= 0.3 is 0 Å². The summed E-state index contributed by atoms with van der Waals surface area (Å²) in [7, 11) is 0. The van der Waals surface area contributed by atoms with Crippen LogP contribution in [0.5, 0.6) is 0 Å². The Morgan fingerprint density at radius 2 is 1.52 bits per heavy atom. The molecule has 2 nitrogen and oxygen atoms in total. The summed E-state index contributed by atoms with van der Waals surface area (Å²) in [5, 5.41) is 12.6. The van der Waals surface area contributed by atoms with Crippen molar-refractivity contribution in [2.45, 2.75) is 52.1 Å². The van der Waals surface area contributed by atoms with Gasteiger partial charge in [-0.15, -0.1) is 0 Å². The lowest BCUT2D eigenvalue weighted by atomic mass is 9.86. The summed E-state index contributed by atoms with van der Waals surface area (Å²) in [6, 6.07) is 19.3. The molecule has 0 fully saturated rings. The molecule has 2 aromatic rings. The minimum absolute atomic E-state index is 0.181. The number of nitrogens with zero attached hydrogens (tertiary/aromatic N) is 1. The molecule has 2 atom stereocenters. The smallest absolute Gasteiger partial charge is 0.0991 e. The van der Waals surface area contributed by atoms with Gasteiger partial charge in [0.15, 0.2) is 0 Å². The van der Waals surface area contributed by atoms with E-state index in [1.807, 2.05) is 18.2 Å². The lowest BCUT2D eigenvalue weighted by Gasteiger charge is -2.23. The van der Waals surface area contributed by atoms with Gasteiger partial charge in [0.05, 0.1) is 11.6 Å². The van der Waals surface area contributed by atoms with Gasteiger partial charge < -0.3 is 5.32 Å². The van der Waals surface area contributed by atoms with Crippen LogP contribution in [0.2, 0.25) is 0 Å². The lowest BCUT2D eigenvalue weighted by molar-refractivity contribution is 0.494. The van der Waals surface area contributed by atoms with Crippen molar-refractivity contribution in [1.29, 1.82) is 5.26 Å². The molecular weight excluding hydrogens is 280 g/mol. The molecule has 1 N–H and O–H groups in total. The topological polar surface area (TPSA) is 35.8 Å². The average molecular weight is 306 g/mol. The highest BCUT2D eigenvalue weighted by molar-refractivity contribution is 5.34. The van der Waals surface area contributed by atoms with E-state index in [-0.39, 0.29) is 17.5 Å². The largest absolute Gasteiger partial charge is 0.304 e. The van der Waals surface area contributed by atoms with Crippen molar-refractivity contribution in [1.82, 2.24) is 5.32 Å². The van der Waals surface area contributed by atoms with E-state index in [1.165, 1.54) is 11.1 Å². The summed E-state index contributed by atoms with van der Waals surface area (Å²) in [5.74, 6) is 0. The van der Waals surface area contributed by atoms with Crippen LogP contribution in [0, 0.1) is 11.3 Å². The summed E-state index contributed by atoms with van der Waals surface area (Å²) < 4.78 is 0. The van der Waals surface area contributed by atoms with Crippen LogP contribution in [-0.4, -0.2) is 0 Å². The van der Waals surface area contributed by atoms with Gasteiger partial charge in [0.1, 0.15) is 0 Å². The van der Waals surface area contributed by atoms with E-state index in [1.54, 1.807) is 0 Å². The van der Waals surface area contributed by atoms with E-state index in [0.717, 1.165) is 5.56 Å². The van der Waals surface area contributed by atoms with E-state index < -0.39 is 0 Å². The predicted octanol–water partition coefficient (Wildman–Crippen LogP) is 5.27. The number of nitrogens with one attached hydrogen (secondary N) is 1. The third kappa shape index (κ3) is 4.43. The Morgan fingerprint density at radius 1 is 0.913 bits per heavy atom. The molecule has 0 aliphatic rings. The van der Waals surface area contributed by atoms with Crippen molar-refractivity contribution in [3.05, 3.63) is 70.8 Å². The van der Waals surface area contributed by atoms with Crippen LogP contribution in [0.3, 0.4) is 0 Å². The van der Waals surface area contributed by atoms with E-state index in [0.29, 0.717) is 5.56 Å². The Kier molecular flexibility index (Phi) is 5.23. The van der Waals surface area contributed by atoms with Gasteiger partial charge in [0.2, 0.25) is 0 Å². The van der Waals surface area contributed by atoms with Crippen molar-refractivity contribution in [2.75, 3.05) is 0 Å². The van der Waals surface area contributed by atoms with Crippen molar-refractivity contribution < 1.29 is 0 Å². The SMILES string of the molecule is CC(N[C@H](C)c1ccc(C(C)(C)C)cc1)c1cccc(C#N)c1. The van der Waals surface area contributed by atoms with E-state index >= 15 is 0 Å². The van der Waals surface area contributed by atoms with Crippen LogP contribution in [0.25, 0.3) is 0 Å². The molecule has 2 rings (SSSR count). The molecule has 0 saturated heterocycles. The third-order valence-electron chi connectivity index (χ3n) is 4.29. The molecule has 23 heavy (non-hydrogen) atoms. The molecule has 0 saturated carbocycles. The normalized spacial score (nSPS) is 14.1. The molecular formula is C21H26N2. The summed E-state index contributed by atoms with van der Waals surface area (Å²) in [6.07, 6.45) is 0. The highest BCUT2D eigenvalue weighted by Crippen LogP contribution is 2.25. The van der Waals surface area contributed by atoms with Crippen molar-refractivity contribution >= 4 is 0 Å². The monoisotopic (exact) mass is 306 g/mol. The Bertz CT molecular complexity index is 687. The van der Waals surface area contributed by atoms with Crippen LogP contribution in [0.4, 0.5) is 0 Å². The van der Waals surface area contributed by atoms with Crippen LogP contribution in [0.1, 0.15) is 69.0 Å². The maximum absolute atomic E-state index is 9.02. The van der Waals surface area contributed by atoms with Gasteiger partial charge in [-0.3, -0.25) is 0 Å². The van der Waals surface area contributed by atoms with Crippen molar-refractivity contribution in [2.24, 2.45) is 0 Å². The van der Waals surface area contributed by atoms with Gasteiger partial charge in [-0.1, -0.05) is 57.2 Å². The molecule has 2 aromatic carbocycles. The second-order valence-electron chi connectivity index (χ2n) is 7.22. The first-order valence-corrected chi connectivity index (χ1v) is 8.18. The predicted molar refractivity (Wildman–Crippen MR) is 96.3 cm³/mol. The Hall–Kier alpha value is -2.11. The minimum atomic E-state index is 0.181. The quantitative estimate of drug-likeness (QED) is 0.835. The lowest BCUT2D eigenvalue weighted by Crippen LogP contribution is -2.22. The van der Waals surface area contributed by atoms with Crippen LogP contribution in [-0.2, 0) is 5.41 Å². The first kappa shape index (κ1) is 17.2. The zero-order chi connectivity index (χ0) is 17.0. The highest BCUT2D eigenvalue weighted by atomic mass is 14.9. The fourth-order valence-electron chi connectivity index (χ4n) is 2.72. The second kappa shape index (κ2) is 6.98. The van der Waals surface area contributed by atoms with E-state index in [4.69, 9.17) is 5.26 Å². The van der Waals surface area contributed by atoms with Crippen LogP contribution >= 0.6 is 0 Å². The number of rotatable bonds is 4. The number of hydrogen-bond acceptors (Lipinski definition) is 2. The minimum Gasteiger partial charge on any atom is -0.304 e. The Labute approximate surface area is 140 Å². The molecule has 0 heterocycles. The number of nitriles is 1. The molecule has 0 aromatic heterocycles. The van der Waals surface area contributed by atoms with Gasteiger partial charge in [-0.25, -0.2) is 0 Å². The number of benzene rings is 2. The van der Waals surface area contributed by atoms with Crippen LogP contribution < -0.4 is 5.32 Å². The first-order valence-electron chi connectivity index (χ1n) is 8.18. The summed E-state index contributed by atoms with van der Waals surface area (Å²) in [5.41, 5.74) is 4.66. The standard InChI is InChI=1S/C21H26N2/c1-15(18-9-11-20(12-10-18)21(3,4)5)23-16(2)19-8-6-7-17(13-19)14-22/h6-13,15-16,23H,1-5H3/t15-,16?/m1/s1. The summed E-state index contributed by atoms with van der Waals surface area (Å²) in [4.78, 5) is 0. The molecule has 0 amide bonds. The van der Waals surface area contributed by atoms with E-state index in [9.17, 15) is 0 Å². The molecule has 1 unspecified atom stereocenters. The average Bonchev–Trinajstić information content (AvgIpc) is 2.54. The fraction of sp³-hybridized carbons (Fsp3) is 0.381. The van der Waals surface area contributed by atoms with Gasteiger partial charge in [-0.2, -0.15) is 5.26 Å². The number of hydrogen-bond donors (Lipinski definition) is 1. The van der Waals surface area contributed by atoms with E-state index in [2.05, 4.69) is 76.3 Å². The van der Waals surface area contributed by atoms with Gasteiger partial charge in [-0.05, 0) is 48.1 Å².